The summed E-state index contributed by atoms with van der Waals surface area (Å²) >= 11 is 0. The summed E-state index contributed by atoms with van der Waals surface area (Å²) in [6.07, 6.45) is 4.55. The molecule has 3 nitrogen and oxygen atoms in total. The van der Waals surface area contributed by atoms with Crippen molar-refractivity contribution in [3.05, 3.63) is 70.9 Å². The van der Waals surface area contributed by atoms with Gasteiger partial charge in [-0.15, -0.1) is 0 Å². The fourth-order valence-corrected chi connectivity index (χ4v) is 3.87. The third kappa shape index (κ3) is 4.64. The third-order valence-corrected chi connectivity index (χ3v) is 5.47. The zero-order valence-corrected chi connectivity index (χ0v) is 17.5. The number of benzene rings is 2. The van der Waals surface area contributed by atoms with E-state index in [1.165, 1.54) is 33.2 Å². The number of carbonyl (C=O) groups is 1. The van der Waals surface area contributed by atoms with Gasteiger partial charge in [-0.3, -0.25) is 4.79 Å². The average Bonchev–Trinajstić information content (AvgIpc) is 3.09. The number of amides is 1. The highest BCUT2D eigenvalue weighted by atomic mass is 16.1. The molecule has 0 aliphatic carbocycles. The van der Waals surface area contributed by atoms with Gasteiger partial charge in [-0.05, 0) is 42.4 Å². The minimum atomic E-state index is 0.0415. The molecule has 0 aliphatic heterocycles. The highest BCUT2D eigenvalue weighted by Gasteiger charge is 2.22. The summed E-state index contributed by atoms with van der Waals surface area (Å²) in [6.45, 7) is 9.38. The van der Waals surface area contributed by atoms with Gasteiger partial charge in [-0.2, -0.15) is 0 Å². The van der Waals surface area contributed by atoms with Crippen molar-refractivity contribution < 1.29 is 4.79 Å². The molecule has 0 saturated carbocycles. The van der Waals surface area contributed by atoms with Crippen LogP contribution in [0.4, 0.5) is 0 Å². The highest BCUT2D eigenvalue weighted by Crippen LogP contribution is 2.34. The van der Waals surface area contributed by atoms with Crippen LogP contribution in [0.2, 0.25) is 0 Å². The molecule has 1 atom stereocenters. The molecule has 2 N–H and O–H groups in total. The first-order valence-electron chi connectivity index (χ1n) is 10.4. The van der Waals surface area contributed by atoms with Crippen molar-refractivity contribution in [3.8, 4) is 0 Å². The van der Waals surface area contributed by atoms with Crippen molar-refractivity contribution in [2.24, 2.45) is 5.92 Å². The van der Waals surface area contributed by atoms with Crippen molar-refractivity contribution in [2.75, 3.05) is 6.54 Å². The van der Waals surface area contributed by atoms with E-state index in [1.54, 1.807) is 0 Å². The van der Waals surface area contributed by atoms with Crippen LogP contribution in [-0.4, -0.2) is 17.4 Å². The Bertz CT molecular complexity index is 939. The number of para-hydroxylation sites is 1. The molecule has 1 heterocycles. The highest BCUT2D eigenvalue weighted by molar-refractivity contribution is 5.88. The van der Waals surface area contributed by atoms with Crippen LogP contribution in [0.1, 0.15) is 61.8 Å². The molecule has 0 aliphatic rings. The molecule has 3 aromatic rings. The van der Waals surface area contributed by atoms with E-state index in [9.17, 15) is 4.79 Å². The van der Waals surface area contributed by atoms with Crippen molar-refractivity contribution in [2.45, 2.75) is 52.9 Å². The smallest absolute Gasteiger partial charge is 0.220 e. The predicted molar refractivity (Wildman–Crippen MR) is 118 cm³/mol. The number of carbonyl (C=O) groups excluding carboxylic acids is 1. The summed E-state index contributed by atoms with van der Waals surface area (Å²) in [7, 11) is 0. The van der Waals surface area contributed by atoms with Crippen molar-refractivity contribution in [1.29, 1.82) is 0 Å². The lowest BCUT2D eigenvalue weighted by Gasteiger charge is -2.18. The van der Waals surface area contributed by atoms with Gasteiger partial charge in [0.05, 0.1) is 0 Å². The summed E-state index contributed by atoms with van der Waals surface area (Å²) in [6, 6.07) is 15.0. The van der Waals surface area contributed by atoms with Crippen LogP contribution < -0.4 is 5.32 Å². The third-order valence-electron chi connectivity index (χ3n) is 5.47. The van der Waals surface area contributed by atoms with E-state index in [0.29, 0.717) is 12.3 Å². The van der Waals surface area contributed by atoms with E-state index in [-0.39, 0.29) is 11.8 Å². The second kappa shape index (κ2) is 9.09. The fourth-order valence-electron chi connectivity index (χ4n) is 3.87. The molecule has 0 spiro atoms. The lowest BCUT2D eigenvalue weighted by molar-refractivity contribution is -0.121. The van der Waals surface area contributed by atoms with Gasteiger partial charge < -0.3 is 10.3 Å². The number of nitrogens with one attached hydrogen (secondary N) is 2. The molecule has 0 saturated heterocycles. The molecule has 3 heteroatoms. The number of aryl methyl sites for hydroxylation is 2. The Hall–Kier alpha value is -2.55. The van der Waals surface area contributed by atoms with Crippen LogP contribution in [0.5, 0.6) is 0 Å². The lowest BCUT2D eigenvalue weighted by Crippen LogP contribution is -2.27. The number of hydrogen-bond acceptors (Lipinski definition) is 1. The molecule has 148 valence electrons. The Morgan fingerprint density at radius 1 is 1.14 bits per heavy atom. The van der Waals surface area contributed by atoms with Crippen molar-refractivity contribution in [3.63, 3.8) is 0 Å². The van der Waals surface area contributed by atoms with Crippen LogP contribution in [0, 0.1) is 12.8 Å². The quantitative estimate of drug-likeness (QED) is 0.518. The number of rotatable bonds is 8. The van der Waals surface area contributed by atoms with Gasteiger partial charge in [-0.1, -0.05) is 68.8 Å². The van der Waals surface area contributed by atoms with Crippen molar-refractivity contribution in [1.82, 2.24) is 10.3 Å². The van der Waals surface area contributed by atoms with Crippen LogP contribution >= 0.6 is 0 Å². The number of aromatic amines is 1. The van der Waals surface area contributed by atoms with E-state index in [4.69, 9.17) is 0 Å². The molecule has 2 aromatic carbocycles. The van der Waals surface area contributed by atoms with Gasteiger partial charge in [0.15, 0.2) is 0 Å². The molecule has 0 radical (unpaired) electrons. The minimum absolute atomic E-state index is 0.0415. The minimum Gasteiger partial charge on any atom is -0.361 e. The number of fused-ring (bicyclic) bond motifs is 1. The Morgan fingerprint density at radius 3 is 2.64 bits per heavy atom. The standard InChI is InChI=1S/C25H32N2O/c1-5-19-9-7-11-21-23(16-27-25(19)21)22(20-10-6-8-18(4)14-20)15-24(28)26-13-12-17(2)3/h6-11,14,16-17,22,27H,5,12-13,15H2,1-4H3,(H,26,28). The Kier molecular flexibility index (Phi) is 6.56. The number of H-pyrrole nitrogens is 1. The van der Waals surface area contributed by atoms with Gasteiger partial charge in [0, 0.05) is 36.0 Å². The summed E-state index contributed by atoms with van der Waals surface area (Å²) in [5.41, 5.74) is 6.12. The molecular weight excluding hydrogens is 344 g/mol. The van der Waals surface area contributed by atoms with Gasteiger partial charge in [0.2, 0.25) is 5.91 Å². The first-order chi connectivity index (χ1) is 13.5. The molecule has 1 unspecified atom stereocenters. The molecular formula is C25H32N2O. The predicted octanol–water partition coefficient (Wildman–Crippen LogP) is 5.72. The maximum Gasteiger partial charge on any atom is 0.220 e. The van der Waals surface area contributed by atoms with E-state index in [1.807, 2.05) is 0 Å². The Labute approximate surface area is 168 Å². The number of hydrogen-bond donors (Lipinski definition) is 2. The Balaban J connectivity index is 1.94. The second-order valence-corrected chi connectivity index (χ2v) is 8.14. The van der Waals surface area contributed by atoms with Gasteiger partial charge >= 0.3 is 0 Å². The topological polar surface area (TPSA) is 44.9 Å². The van der Waals surface area contributed by atoms with Crippen LogP contribution in [0.25, 0.3) is 10.9 Å². The average molecular weight is 377 g/mol. The van der Waals surface area contributed by atoms with Gasteiger partial charge in [-0.25, -0.2) is 0 Å². The maximum atomic E-state index is 12.7. The van der Waals surface area contributed by atoms with E-state index in [2.05, 4.69) is 86.7 Å². The summed E-state index contributed by atoms with van der Waals surface area (Å²) in [5, 5.41) is 4.34. The van der Waals surface area contributed by atoms with Crippen molar-refractivity contribution >= 4 is 16.8 Å². The zero-order chi connectivity index (χ0) is 20.1. The summed E-state index contributed by atoms with van der Waals surface area (Å²) in [5.74, 6) is 0.752. The first-order valence-corrected chi connectivity index (χ1v) is 10.4. The van der Waals surface area contributed by atoms with E-state index < -0.39 is 0 Å². The summed E-state index contributed by atoms with van der Waals surface area (Å²) < 4.78 is 0. The van der Waals surface area contributed by atoms with Crippen LogP contribution in [-0.2, 0) is 11.2 Å². The molecule has 0 bridgehead atoms. The maximum absolute atomic E-state index is 12.7. The molecule has 3 rings (SSSR count). The monoisotopic (exact) mass is 376 g/mol. The molecule has 1 amide bonds. The molecule has 28 heavy (non-hydrogen) atoms. The van der Waals surface area contributed by atoms with E-state index in [0.717, 1.165) is 19.4 Å². The lowest BCUT2D eigenvalue weighted by atomic mass is 9.87. The largest absolute Gasteiger partial charge is 0.361 e. The summed E-state index contributed by atoms with van der Waals surface area (Å²) in [4.78, 5) is 16.2. The molecule has 0 fully saturated rings. The zero-order valence-electron chi connectivity index (χ0n) is 17.5. The Morgan fingerprint density at radius 2 is 1.93 bits per heavy atom. The second-order valence-electron chi connectivity index (χ2n) is 8.14. The fraction of sp³-hybridized carbons (Fsp3) is 0.400. The van der Waals surface area contributed by atoms with Crippen LogP contribution in [0.15, 0.2) is 48.7 Å². The first kappa shape index (κ1) is 20.2. The normalized spacial score (nSPS) is 12.5. The molecule has 1 aromatic heterocycles. The van der Waals surface area contributed by atoms with Gasteiger partial charge in [0.25, 0.3) is 0 Å². The van der Waals surface area contributed by atoms with Crippen LogP contribution in [0.3, 0.4) is 0 Å². The number of aromatic nitrogens is 1. The van der Waals surface area contributed by atoms with E-state index >= 15 is 0 Å². The van der Waals surface area contributed by atoms with Gasteiger partial charge in [0.1, 0.15) is 0 Å². The SMILES string of the molecule is CCc1cccc2c(C(CC(=O)NCCC(C)C)c3cccc(C)c3)c[nH]c12.